The number of aromatic nitrogens is 2. The SMILES string of the molecule is Cc1nc(-c2ccccc2)nc(N2CCN(C(=O)Nc3ccc(C#N)cc3)CC2)c1C(C)C. The van der Waals surface area contributed by atoms with Gasteiger partial charge in [0.1, 0.15) is 5.82 Å². The highest BCUT2D eigenvalue weighted by Crippen LogP contribution is 2.31. The first-order chi connectivity index (χ1) is 16.0. The first kappa shape index (κ1) is 22.3. The van der Waals surface area contributed by atoms with Crippen LogP contribution in [0.5, 0.6) is 0 Å². The molecular weight excluding hydrogens is 412 g/mol. The maximum Gasteiger partial charge on any atom is 0.321 e. The van der Waals surface area contributed by atoms with Gasteiger partial charge in [0, 0.05) is 48.7 Å². The molecule has 7 nitrogen and oxygen atoms in total. The predicted molar refractivity (Wildman–Crippen MR) is 130 cm³/mol. The summed E-state index contributed by atoms with van der Waals surface area (Å²) in [6.45, 7) is 8.98. The molecule has 1 N–H and O–H groups in total. The van der Waals surface area contributed by atoms with Crippen LogP contribution in [-0.4, -0.2) is 47.1 Å². The number of hydrogen-bond donors (Lipinski definition) is 1. The van der Waals surface area contributed by atoms with Crippen molar-refractivity contribution in [2.75, 3.05) is 36.4 Å². The average molecular weight is 441 g/mol. The van der Waals surface area contributed by atoms with Crippen molar-refractivity contribution >= 4 is 17.5 Å². The van der Waals surface area contributed by atoms with E-state index >= 15 is 0 Å². The highest BCUT2D eigenvalue weighted by molar-refractivity contribution is 5.89. The van der Waals surface area contributed by atoms with Crippen LogP contribution in [0.1, 0.15) is 36.6 Å². The lowest BCUT2D eigenvalue weighted by Crippen LogP contribution is -2.50. The minimum atomic E-state index is -0.132. The van der Waals surface area contributed by atoms with E-state index in [-0.39, 0.29) is 6.03 Å². The van der Waals surface area contributed by atoms with Gasteiger partial charge in [-0.3, -0.25) is 0 Å². The minimum absolute atomic E-state index is 0.132. The number of nitriles is 1. The zero-order valence-corrected chi connectivity index (χ0v) is 19.2. The Hall–Kier alpha value is -3.92. The number of urea groups is 1. The predicted octanol–water partition coefficient (Wildman–Crippen LogP) is 4.80. The molecule has 2 amide bonds. The number of aryl methyl sites for hydroxylation is 1. The van der Waals surface area contributed by atoms with Crippen LogP contribution in [0.2, 0.25) is 0 Å². The van der Waals surface area contributed by atoms with E-state index in [0.29, 0.717) is 43.3 Å². The lowest BCUT2D eigenvalue weighted by atomic mass is 10.0. The molecule has 1 fully saturated rings. The summed E-state index contributed by atoms with van der Waals surface area (Å²) < 4.78 is 0. The summed E-state index contributed by atoms with van der Waals surface area (Å²) in [4.78, 5) is 26.6. The van der Waals surface area contributed by atoms with Crippen LogP contribution in [0.15, 0.2) is 54.6 Å². The number of benzene rings is 2. The van der Waals surface area contributed by atoms with Crippen molar-refractivity contribution in [3.63, 3.8) is 0 Å². The summed E-state index contributed by atoms with van der Waals surface area (Å²) in [5, 5.41) is 11.8. The van der Waals surface area contributed by atoms with E-state index in [1.807, 2.05) is 42.2 Å². The van der Waals surface area contributed by atoms with E-state index in [0.717, 1.165) is 28.5 Å². The van der Waals surface area contributed by atoms with Gasteiger partial charge in [0.15, 0.2) is 5.82 Å². The van der Waals surface area contributed by atoms with Gasteiger partial charge in [-0.1, -0.05) is 44.2 Å². The Labute approximate surface area is 194 Å². The van der Waals surface area contributed by atoms with Gasteiger partial charge in [0.05, 0.1) is 11.6 Å². The molecule has 1 saturated heterocycles. The van der Waals surface area contributed by atoms with Gasteiger partial charge in [-0.25, -0.2) is 14.8 Å². The quantitative estimate of drug-likeness (QED) is 0.630. The molecule has 2 aromatic carbocycles. The third kappa shape index (κ3) is 4.96. The molecule has 7 heteroatoms. The molecule has 1 aliphatic rings. The van der Waals surface area contributed by atoms with E-state index in [4.69, 9.17) is 15.2 Å². The van der Waals surface area contributed by atoms with Gasteiger partial charge in [0.2, 0.25) is 0 Å². The number of nitrogens with one attached hydrogen (secondary N) is 1. The zero-order valence-electron chi connectivity index (χ0n) is 19.2. The topological polar surface area (TPSA) is 85.2 Å². The van der Waals surface area contributed by atoms with Crippen LogP contribution in [0.3, 0.4) is 0 Å². The number of carbonyl (C=O) groups excluding carboxylic acids is 1. The maximum atomic E-state index is 12.7. The van der Waals surface area contributed by atoms with Crippen LogP contribution >= 0.6 is 0 Å². The number of hydrogen-bond acceptors (Lipinski definition) is 5. The van der Waals surface area contributed by atoms with Crippen molar-refractivity contribution in [2.24, 2.45) is 0 Å². The van der Waals surface area contributed by atoms with Crippen LogP contribution in [0.25, 0.3) is 11.4 Å². The third-order valence-corrected chi connectivity index (χ3v) is 5.86. The first-order valence-corrected chi connectivity index (χ1v) is 11.2. The Morgan fingerprint density at radius 3 is 2.27 bits per heavy atom. The molecule has 0 bridgehead atoms. The molecule has 3 aromatic rings. The van der Waals surface area contributed by atoms with Crippen molar-refractivity contribution in [3.8, 4) is 17.5 Å². The second kappa shape index (κ2) is 9.70. The molecule has 0 spiro atoms. The summed E-state index contributed by atoms with van der Waals surface area (Å²) in [7, 11) is 0. The van der Waals surface area contributed by atoms with E-state index in [9.17, 15) is 4.79 Å². The van der Waals surface area contributed by atoms with E-state index in [2.05, 4.69) is 30.1 Å². The van der Waals surface area contributed by atoms with Crippen molar-refractivity contribution in [1.82, 2.24) is 14.9 Å². The van der Waals surface area contributed by atoms with Crippen molar-refractivity contribution in [3.05, 3.63) is 71.4 Å². The van der Waals surface area contributed by atoms with Gasteiger partial charge in [-0.05, 0) is 37.1 Å². The van der Waals surface area contributed by atoms with Gasteiger partial charge < -0.3 is 15.1 Å². The zero-order chi connectivity index (χ0) is 23.4. The first-order valence-electron chi connectivity index (χ1n) is 11.2. The van der Waals surface area contributed by atoms with Crippen molar-refractivity contribution in [2.45, 2.75) is 26.7 Å². The molecule has 1 aliphatic heterocycles. The second-order valence-electron chi connectivity index (χ2n) is 8.48. The van der Waals surface area contributed by atoms with Gasteiger partial charge >= 0.3 is 6.03 Å². The molecule has 4 rings (SSSR count). The lowest BCUT2D eigenvalue weighted by Gasteiger charge is -2.37. The minimum Gasteiger partial charge on any atom is -0.353 e. The molecule has 0 saturated carbocycles. The Balaban J connectivity index is 1.50. The third-order valence-electron chi connectivity index (χ3n) is 5.86. The largest absolute Gasteiger partial charge is 0.353 e. The van der Waals surface area contributed by atoms with E-state index in [1.54, 1.807) is 24.3 Å². The maximum absolute atomic E-state index is 12.7. The Morgan fingerprint density at radius 1 is 1.00 bits per heavy atom. The number of amides is 2. The summed E-state index contributed by atoms with van der Waals surface area (Å²) >= 11 is 0. The Morgan fingerprint density at radius 2 is 1.67 bits per heavy atom. The number of rotatable bonds is 4. The molecule has 0 unspecified atom stereocenters. The number of piperazine rings is 1. The monoisotopic (exact) mass is 440 g/mol. The second-order valence-corrected chi connectivity index (χ2v) is 8.48. The van der Waals surface area contributed by atoms with E-state index < -0.39 is 0 Å². The molecule has 0 aliphatic carbocycles. The lowest BCUT2D eigenvalue weighted by molar-refractivity contribution is 0.208. The highest BCUT2D eigenvalue weighted by Gasteiger charge is 2.26. The van der Waals surface area contributed by atoms with Crippen LogP contribution < -0.4 is 10.2 Å². The molecule has 1 aromatic heterocycles. The standard InChI is InChI=1S/C26H28N6O/c1-18(2)23-19(3)28-24(21-7-5-4-6-8-21)30-25(23)31-13-15-32(16-14-31)26(33)29-22-11-9-20(17-27)10-12-22/h4-12,18H,13-16H2,1-3H3,(H,29,33). The van der Waals surface area contributed by atoms with Gasteiger partial charge in [-0.15, -0.1) is 0 Å². The normalized spacial score (nSPS) is 13.7. The van der Waals surface area contributed by atoms with Crippen LogP contribution in [0, 0.1) is 18.3 Å². The Bertz CT molecular complexity index is 1160. The van der Waals surface area contributed by atoms with Crippen LogP contribution in [0.4, 0.5) is 16.3 Å². The average Bonchev–Trinajstić information content (AvgIpc) is 2.84. The summed E-state index contributed by atoms with van der Waals surface area (Å²) in [6.07, 6.45) is 0. The number of carbonyl (C=O) groups is 1. The smallest absolute Gasteiger partial charge is 0.321 e. The van der Waals surface area contributed by atoms with Crippen LogP contribution in [-0.2, 0) is 0 Å². The summed E-state index contributed by atoms with van der Waals surface area (Å²) in [5.74, 6) is 1.99. The van der Waals surface area contributed by atoms with Crippen molar-refractivity contribution < 1.29 is 4.79 Å². The fourth-order valence-electron chi connectivity index (χ4n) is 4.15. The molecule has 2 heterocycles. The van der Waals surface area contributed by atoms with Gasteiger partial charge in [0.25, 0.3) is 0 Å². The van der Waals surface area contributed by atoms with Gasteiger partial charge in [-0.2, -0.15) is 5.26 Å². The molecule has 0 radical (unpaired) electrons. The Kier molecular flexibility index (Phi) is 6.55. The molecule has 33 heavy (non-hydrogen) atoms. The number of nitrogens with zero attached hydrogens (tertiary/aromatic N) is 5. The summed E-state index contributed by atoms with van der Waals surface area (Å²) in [6, 6.07) is 18.9. The number of anilines is 2. The van der Waals surface area contributed by atoms with E-state index in [1.165, 1.54) is 0 Å². The molecule has 168 valence electrons. The fourth-order valence-corrected chi connectivity index (χ4v) is 4.15. The summed E-state index contributed by atoms with van der Waals surface area (Å²) in [5.41, 5.74) is 4.40. The van der Waals surface area contributed by atoms with Crippen molar-refractivity contribution in [1.29, 1.82) is 5.26 Å². The highest BCUT2D eigenvalue weighted by atomic mass is 16.2. The molecule has 0 atom stereocenters. The fraction of sp³-hybridized carbons (Fsp3) is 0.308. The molecular formula is C26H28N6O.